The first-order chi connectivity index (χ1) is 14.0. The Morgan fingerprint density at radius 1 is 0.806 bits per heavy atom. The molecule has 1 atom stereocenters. The maximum Gasteiger partial charge on any atom is 0.413 e. The number of halogens is 10. The summed E-state index contributed by atoms with van der Waals surface area (Å²) in [5.41, 5.74) is 0. The number of hydrogen-bond donors (Lipinski definition) is 1. The molecule has 3 nitrogen and oxygen atoms in total. The van der Waals surface area contributed by atoms with E-state index in [0.717, 1.165) is 0 Å². The quantitative estimate of drug-likeness (QED) is 0.254. The smallest absolute Gasteiger partial charge is 0.413 e. The van der Waals surface area contributed by atoms with Gasteiger partial charge in [-0.2, -0.15) is 35.1 Å². The summed E-state index contributed by atoms with van der Waals surface area (Å²) in [6, 6.07) is 7.68. The first-order valence-corrected chi connectivity index (χ1v) is 9.50. The molecule has 1 unspecified atom stereocenters. The fourth-order valence-electron chi connectivity index (χ4n) is 1.99. The molecule has 2 rings (SSSR count). The minimum absolute atomic E-state index is 0.0393. The molecule has 0 saturated heterocycles. The largest absolute Gasteiger partial charge is 0.457 e. The first-order valence-electron chi connectivity index (χ1n) is 7.58. The van der Waals surface area contributed by atoms with Crippen LogP contribution >= 0.6 is 11.8 Å². The van der Waals surface area contributed by atoms with Crippen LogP contribution in [0.25, 0.3) is 0 Å². The fraction of sp³-hybridized carbons (Fsp3) is 0.250. The van der Waals surface area contributed by atoms with Crippen LogP contribution in [-0.4, -0.2) is 31.1 Å². The predicted molar refractivity (Wildman–Crippen MR) is 89.3 cm³/mol. The van der Waals surface area contributed by atoms with Crippen LogP contribution in [0.5, 0.6) is 11.5 Å². The summed E-state index contributed by atoms with van der Waals surface area (Å²) >= 11 is -6.78. The first kappa shape index (κ1) is 25.3. The molecular weight excluding hydrogens is 494 g/mol. The van der Waals surface area contributed by atoms with Crippen molar-refractivity contribution in [1.29, 1.82) is 0 Å². The van der Waals surface area contributed by atoms with Crippen LogP contribution in [0, 0.1) is 11.6 Å². The van der Waals surface area contributed by atoms with Gasteiger partial charge in [0.2, 0.25) is 11.1 Å². The Morgan fingerprint density at radius 3 is 1.74 bits per heavy atom. The van der Waals surface area contributed by atoms with Gasteiger partial charge in [0.1, 0.15) is 23.1 Å². The average molecular weight is 502 g/mol. The summed E-state index contributed by atoms with van der Waals surface area (Å²) in [6.45, 7) is 0. The van der Waals surface area contributed by atoms with Gasteiger partial charge in [-0.05, 0) is 23.9 Å². The van der Waals surface area contributed by atoms with Crippen LogP contribution in [-0.2, 0) is 11.1 Å². The van der Waals surface area contributed by atoms with Crippen molar-refractivity contribution >= 4 is 22.8 Å². The molecule has 0 aromatic heterocycles. The molecule has 0 spiro atoms. The van der Waals surface area contributed by atoms with E-state index in [9.17, 15) is 48.1 Å². The fourth-order valence-corrected chi connectivity index (χ4v) is 3.16. The second kappa shape index (κ2) is 8.50. The third-order valence-electron chi connectivity index (χ3n) is 3.53. The second-order valence-corrected chi connectivity index (χ2v) is 7.80. The molecule has 0 amide bonds. The molecule has 15 heteroatoms. The van der Waals surface area contributed by atoms with E-state index in [1.807, 2.05) is 0 Å². The van der Waals surface area contributed by atoms with Gasteiger partial charge >= 0.3 is 22.4 Å². The van der Waals surface area contributed by atoms with Gasteiger partial charge in [0.25, 0.3) is 0 Å². The van der Waals surface area contributed by atoms with Crippen molar-refractivity contribution in [3.63, 3.8) is 0 Å². The lowest BCUT2D eigenvalue weighted by atomic mass is 10.2. The number of hydrogen-bond acceptors (Lipinski definition) is 3. The normalized spacial score (nSPS) is 14.4. The van der Waals surface area contributed by atoms with Crippen molar-refractivity contribution in [2.75, 3.05) is 0 Å². The van der Waals surface area contributed by atoms with E-state index in [2.05, 4.69) is 0 Å². The van der Waals surface area contributed by atoms with Gasteiger partial charge in [-0.1, -0.05) is 18.2 Å². The number of rotatable bonds is 8. The summed E-state index contributed by atoms with van der Waals surface area (Å²) in [5, 5.41) is -12.8. The van der Waals surface area contributed by atoms with Crippen LogP contribution in [0.1, 0.15) is 0 Å². The Morgan fingerprint density at radius 2 is 1.29 bits per heavy atom. The standard InChI is InChI=1S/C16H8F10O3S2/c17-10-6-9(29-8-4-2-1-3-5-8)7-11(18)12(10)30-15(23,24)13(19,20)14(21,22)16(25,26)31(27)28/h1-7H,(H,27,28). The molecule has 2 aromatic carbocycles. The topological polar surface area (TPSA) is 46.5 Å². The Hall–Kier alpha value is -2.00. The van der Waals surface area contributed by atoms with E-state index in [1.165, 1.54) is 24.3 Å². The maximum absolute atomic E-state index is 14.0. The summed E-state index contributed by atoms with van der Waals surface area (Å²) in [7, 11) is 0. The molecule has 0 fully saturated rings. The number of para-hydroxylation sites is 1. The summed E-state index contributed by atoms with van der Waals surface area (Å²) in [5.74, 6) is -18.6. The lowest BCUT2D eigenvalue weighted by molar-refractivity contribution is -0.324. The van der Waals surface area contributed by atoms with Crippen LogP contribution in [0.15, 0.2) is 47.4 Å². The van der Waals surface area contributed by atoms with Crippen LogP contribution in [0.4, 0.5) is 43.9 Å². The van der Waals surface area contributed by atoms with E-state index in [-0.39, 0.29) is 17.9 Å². The zero-order valence-electron chi connectivity index (χ0n) is 14.4. The second-order valence-electron chi connectivity index (χ2n) is 5.66. The van der Waals surface area contributed by atoms with E-state index < -0.39 is 67.5 Å². The van der Waals surface area contributed by atoms with Crippen molar-refractivity contribution in [2.45, 2.75) is 27.2 Å². The molecule has 172 valence electrons. The molecule has 0 radical (unpaired) electrons. The van der Waals surface area contributed by atoms with Gasteiger partial charge < -0.3 is 9.29 Å². The highest BCUT2D eigenvalue weighted by Gasteiger charge is 2.83. The molecule has 0 heterocycles. The third-order valence-corrected chi connectivity index (χ3v) is 5.33. The SMILES string of the molecule is O=S(O)C(F)(F)C(F)(F)C(F)(F)C(F)(F)Sc1c(F)cc(Oc2ccccc2)cc1F. The molecule has 0 aliphatic carbocycles. The van der Waals surface area contributed by atoms with Crippen LogP contribution in [0.3, 0.4) is 0 Å². The van der Waals surface area contributed by atoms with E-state index >= 15 is 0 Å². The maximum atomic E-state index is 14.0. The Balaban J connectivity index is 2.38. The molecule has 0 aliphatic heterocycles. The highest BCUT2D eigenvalue weighted by molar-refractivity contribution is 8.00. The van der Waals surface area contributed by atoms with Crippen LogP contribution < -0.4 is 4.74 Å². The number of alkyl halides is 8. The Kier molecular flexibility index (Phi) is 6.93. The number of thioether (sulfide) groups is 1. The van der Waals surface area contributed by atoms with E-state index in [4.69, 9.17) is 9.29 Å². The zero-order chi connectivity index (χ0) is 23.8. The van der Waals surface area contributed by atoms with Gasteiger partial charge in [-0.15, -0.1) is 0 Å². The molecule has 0 bridgehead atoms. The monoisotopic (exact) mass is 502 g/mol. The van der Waals surface area contributed by atoms with Crippen molar-refractivity contribution in [2.24, 2.45) is 0 Å². The van der Waals surface area contributed by atoms with Crippen molar-refractivity contribution < 1.29 is 57.4 Å². The molecule has 0 aliphatic rings. The molecule has 0 saturated carbocycles. The lowest BCUT2D eigenvalue weighted by Crippen LogP contribution is -2.62. The highest BCUT2D eigenvalue weighted by Crippen LogP contribution is 2.58. The van der Waals surface area contributed by atoms with Crippen molar-refractivity contribution in [1.82, 2.24) is 0 Å². The third kappa shape index (κ3) is 4.62. The van der Waals surface area contributed by atoms with Gasteiger partial charge in [0.05, 0.1) is 4.90 Å². The summed E-state index contributed by atoms with van der Waals surface area (Å²) in [4.78, 5) is -1.91. The minimum Gasteiger partial charge on any atom is -0.457 e. The molecular formula is C16H8F10O3S2. The Labute approximate surface area is 173 Å². The molecule has 1 N–H and O–H groups in total. The summed E-state index contributed by atoms with van der Waals surface area (Å²) < 4.78 is 159. The van der Waals surface area contributed by atoms with Gasteiger partial charge in [-0.3, -0.25) is 0 Å². The van der Waals surface area contributed by atoms with Crippen molar-refractivity contribution in [3.8, 4) is 11.5 Å². The van der Waals surface area contributed by atoms with Crippen LogP contribution in [0.2, 0.25) is 0 Å². The highest BCUT2D eigenvalue weighted by atomic mass is 32.2. The number of benzene rings is 2. The van der Waals surface area contributed by atoms with Crippen molar-refractivity contribution in [3.05, 3.63) is 54.1 Å². The van der Waals surface area contributed by atoms with E-state index in [0.29, 0.717) is 0 Å². The zero-order valence-corrected chi connectivity index (χ0v) is 16.0. The van der Waals surface area contributed by atoms with E-state index in [1.54, 1.807) is 6.07 Å². The number of ether oxygens (including phenoxy) is 1. The Bertz CT molecular complexity index is 946. The summed E-state index contributed by atoms with van der Waals surface area (Å²) in [6.07, 6.45) is 0. The molecule has 31 heavy (non-hydrogen) atoms. The predicted octanol–water partition coefficient (Wildman–Crippen LogP) is 6.53. The average Bonchev–Trinajstić information content (AvgIpc) is 2.65. The van der Waals surface area contributed by atoms with Gasteiger partial charge in [0, 0.05) is 12.1 Å². The minimum atomic E-state index is -7.07. The van der Waals surface area contributed by atoms with Gasteiger partial charge in [0.15, 0.2) is 0 Å². The lowest BCUT2D eigenvalue weighted by Gasteiger charge is -2.34. The van der Waals surface area contributed by atoms with Gasteiger partial charge in [-0.25, -0.2) is 13.0 Å². The molecule has 2 aromatic rings.